The minimum absolute atomic E-state index is 0.0920. The number of carbonyl (C=O) groups excluding carboxylic acids is 2. The van der Waals surface area contributed by atoms with Crippen LogP contribution in [0.1, 0.15) is 33.6 Å². The SMILES string of the molecule is Cc1ccc(S(=O)(=O)N2CCCC(C(=O)Nc3nc(-c4ccccc4)c(C(=O)c4ccccc4)s3)C2)cc1. The summed E-state index contributed by atoms with van der Waals surface area (Å²) in [5.74, 6) is -1.00. The van der Waals surface area contributed by atoms with E-state index in [-0.39, 0.29) is 23.1 Å². The number of carbonyl (C=O) groups is 2. The number of nitrogens with zero attached hydrogens (tertiary/aromatic N) is 2. The Morgan fingerprint density at radius 1 is 0.947 bits per heavy atom. The standard InChI is InChI=1S/C29H27N3O4S2/c1-20-14-16-24(17-15-20)38(35,36)32-18-8-13-23(19-32)28(34)31-29-30-25(21-9-4-2-5-10-21)27(37-29)26(33)22-11-6-3-7-12-22/h2-7,9-12,14-17,23H,8,13,18-19H2,1H3,(H,30,31,34). The molecule has 7 nitrogen and oxygen atoms in total. The zero-order valence-corrected chi connectivity index (χ0v) is 22.5. The van der Waals surface area contributed by atoms with Crippen molar-refractivity contribution in [1.29, 1.82) is 0 Å². The second-order valence-electron chi connectivity index (χ2n) is 9.26. The van der Waals surface area contributed by atoms with Crippen molar-refractivity contribution in [3.05, 3.63) is 101 Å². The molecule has 1 aromatic heterocycles. The summed E-state index contributed by atoms with van der Waals surface area (Å²) < 4.78 is 27.8. The number of hydrogen-bond donors (Lipinski definition) is 1. The summed E-state index contributed by atoms with van der Waals surface area (Å²) in [7, 11) is -3.70. The predicted octanol–water partition coefficient (Wildman–Crippen LogP) is 5.39. The molecule has 3 aromatic carbocycles. The Balaban J connectivity index is 1.37. The molecular formula is C29H27N3O4S2. The van der Waals surface area contributed by atoms with Gasteiger partial charge in [0.05, 0.1) is 16.5 Å². The largest absolute Gasteiger partial charge is 0.302 e. The molecule has 1 unspecified atom stereocenters. The molecule has 1 atom stereocenters. The van der Waals surface area contributed by atoms with Gasteiger partial charge in [-0.3, -0.25) is 9.59 Å². The van der Waals surface area contributed by atoms with Crippen molar-refractivity contribution in [3.63, 3.8) is 0 Å². The maximum Gasteiger partial charge on any atom is 0.243 e. The van der Waals surface area contributed by atoms with Gasteiger partial charge < -0.3 is 5.32 Å². The highest BCUT2D eigenvalue weighted by atomic mass is 32.2. The Hall–Kier alpha value is -3.66. The van der Waals surface area contributed by atoms with Crippen LogP contribution in [0.2, 0.25) is 0 Å². The molecule has 4 aromatic rings. The molecule has 0 bridgehead atoms. The topological polar surface area (TPSA) is 96.4 Å². The lowest BCUT2D eigenvalue weighted by Gasteiger charge is -2.31. The molecule has 1 fully saturated rings. The first-order chi connectivity index (χ1) is 18.3. The number of hydrogen-bond acceptors (Lipinski definition) is 6. The van der Waals surface area contributed by atoms with Crippen LogP contribution in [0.3, 0.4) is 0 Å². The molecule has 1 amide bonds. The van der Waals surface area contributed by atoms with Crippen LogP contribution in [-0.4, -0.2) is 42.5 Å². The molecule has 0 saturated carbocycles. The summed E-state index contributed by atoms with van der Waals surface area (Å²) in [5, 5.41) is 3.17. The van der Waals surface area contributed by atoms with E-state index < -0.39 is 15.9 Å². The van der Waals surface area contributed by atoms with Gasteiger partial charge in [-0.05, 0) is 31.9 Å². The molecule has 0 aliphatic carbocycles. The number of sulfonamides is 1. The van der Waals surface area contributed by atoms with E-state index >= 15 is 0 Å². The fraction of sp³-hybridized carbons (Fsp3) is 0.207. The van der Waals surface area contributed by atoms with E-state index in [9.17, 15) is 18.0 Å². The van der Waals surface area contributed by atoms with E-state index in [2.05, 4.69) is 10.3 Å². The van der Waals surface area contributed by atoms with Crippen LogP contribution in [0.25, 0.3) is 11.3 Å². The highest BCUT2D eigenvalue weighted by Crippen LogP contribution is 2.34. The second-order valence-corrected chi connectivity index (χ2v) is 12.2. The van der Waals surface area contributed by atoms with Gasteiger partial charge >= 0.3 is 0 Å². The lowest BCUT2D eigenvalue weighted by atomic mass is 9.99. The fourth-order valence-electron chi connectivity index (χ4n) is 4.48. The van der Waals surface area contributed by atoms with Gasteiger partial charge in [0.15, 0.2) is 5.13 Å². The van der Waals surface area contributed by atoms with Crippen molar-refractivity contribution in [3.8, 4) is 11.3 Å². The van der Waals surface area contributed by atoms with E-state index in [1.807, 2.05) is 43.3 Å². The lowest BCUT2D eigenvalue weighted by Crippen LogP contribution is -2.43. The highest BCUT2D eigenvalue weighted by Gasteiger charge is 2.34. The summed E-state index contributed by atoms with van der Waals surface area (Å²) in [6.07, 6.45) is 1.15. The van der Waals surface area contributed by atoms with E-state index in [1.54, 1.807) is 48.5 Å². The van der Waals surface area contributed by atoms with Crippen LogP contribution in [0, 0.1) is 12.8 Å². The lowest BCUT2D eigenvalue weighted by molar-refractivity contribution is -0.120. The average molecular weight is 546 g/mol. The molecule has 0 radical (unpaired) electrons. The second kappa shape index (κ2) is 11.0. The first-order valence-corrected chi connectivity index (χ1v) is 14.6. The van der Waals surface area contributed by atoms with Crippen molar-refractivity contribution >= 4 is 38.2 Å². The monoisotopic (exact) mass is 545 g/mol. The molecule has 1 aliphatic heterocycles. The van der Waals surface area contributed by atoms with Gasteiger partial charge in [-0.2, -0.15) is 4.31 Å². The van der Waals surface area contributed by atoms with Gasteiger partial charge in [0.25, 0.3) is 0 Å². The number of amides is 1. The quantitative estimate of drug-likeness (QED) is 0.314. The molecular weight excluding hydrogens is 518 g/mol. The minimum Gasteiger partial charge on any atom is -0.302 e. The van der Waals surface area contributed by atoms with Gasteiger partial charge in [0, 0.05) is 24.2 Å². The van der Waals surface area contributed by atoms with Crippen LogP contribution in [0.15, 0.2) is 89.8 Å². The summed E-state index contributed by atoms with van der Waals surface area (Å²) in [5.41, 5.74) is 2.79. The zero-order chi connectivity index (χ0) is 26.7. The first kappa shape index (κ1) is 26.0. The van der Waals surface area contributed by atoms with E-state index in [0.717, 1.165) is 22.5 Å². The third kappa shape index (κ3) is 5.45. The molecule has 1 saturated heterocycles. The molecule has 1 aliphatic rings. The summed E-state index contributed by atoms with van der Waals surface area (Å²) in [4.78, 5) is 31.9. The highest BCUT2D eigenvalue weighted by molar-refractivity contribution is 7.89. The number of ketones is 1. The molecule has 9 heteroatoms. The van der Waals surface area contributed by atoms with Crippen LogP contribution >= 0.6 is 11.3 Å². The number of anilines is 1. The number of rotatable bonds is 7. The Labute approximate surface area is 226 Å². The number of aromatic nitrogens is 1. The van der Waals surface area contributed by atoms with Crippen LogP contribution < -0.4 is 5.32 Å². The number of thiazole rings is 1. The Kier molecular flexibility index (Phi) is 7.51. The third-order valence-electron chi connectivity index (χ3n) is 6.56. The summed E-state index contributed by atoms with van der Waals surface area (Å²) in [6.45, 7) is 2.36. The average Bonchev–Trinajstić information content (AvgIpc) is 3.37. The smallest absolute Gasteiger partial charge is 0.243 e. The summed E-state index contributed by atoms with van der Waals surface area (Å²) in [6, 6.07) is 25.1. The number of aryl methyl sites for hydroxylation is 1. The van der Waals surface area contributed by atoms with Crippen molar-refractivity contribution in [1.82, 2.24) is 9.29 Å². The number of piperidine rings is 1. The molecule has 1 N–H and O–H groups in total. The zero-order valence-electron chi connectivity index (χ0n) is 20.8. The van der Waals surface area contributed by atoms with Gasteiger partial charge in [-0.1, -0.05) is 89.7 Å². The maximum absolute atomic E-state index is 13.3. The third-order valence-corrected chi connectivity index (χ3v) is 9.41. The Morgan fingerprint density at radius 3 is 2.29 bits per heavy atom. The predicted molar refractivity (Wildman–Crippen MR) is 149 cm³/mol. The molecule has 5 rings (SSSR count). The van der Waals surface area contributed by atoms with E-state index in [4.69, 9.17) is 0 Å². The van der Waals surface area contributed by atoms with Crippen LogP contribution in [-0.2, 0) is 14.8 Å². The fourth-order valence-corrected chi connectivity index (χ4v) is 6.96. The molecule has 0 spiro atoms. The van der Waals surface area contributed by atoms with Gasteiger partial charge in [0.2, 0.25) is 21.7 Å². The molecule has 38 heavy (non-hydrogen) atoms. The van der Waals surface area contributed by atoms with Crippen LogP contribution in [0.5, 0.6) is 0 Å². The Morgan fingerprint density at radius 2 is 1.61 bits per heavy atom. The van der Waals surface area contributed by atoms with E-state index in [0.29, 0.717) is 40.7 Å². The first-order valence-electron chi connectivity index (χ1n) is 12.4. The maximum atomic E-state index is 13.3. The Bertz CT molecular complexity index is 1550. The van der Waals surface area contributed by atoms with Gasteiger partial charge in [-0.25, -0.2) is 13.4 Å². The van der Waals surface area contributed by atoms with Crippen molar-refractivity contribution in [2.24, 2.45) is 5.92 Å². The molecule has 194 valence electrons. The van der Waals surface area contributed by atoms with Gasteiger partial charge in [0.1, 0.15) is 4.88 Å². The van der Waals surface area contributed by atoms with E-state index in [1.165, 1.54) is 4.31 Å². The van der Waals surface area contributed by atoms with Crippen LogP contribution in [0.4, 0.5) is 5.13 Å². The van der Waals surface area contributed by atoms with Crippen molar-refractivity contribution < 1.29 is 18.0 Å². The normalized spacial score (nSPS) is 16.2. The van der Waals surface area contributed by atoms with Gasteiger partial charge in [-0.15, -0.1) is 0 Å². The number of benzene rings is 3. The minimum atomic E-state index is -3.70. The molecule has 2 heterocycles. The van der Waals surface area contributed by atoms with Crippen molar-refractivity contribution in [2.45, 2.75) is 24.7 Å². The number of nitrogens with one attached hydrogen (secondary N) is 1. The van der Waals surface area contributed by atoms with Crippen molar-refractivity contribution in [2.75, 3.05) is 18.4 Å². The summed E-state index contributed by atoms with van der Waals surface area (Å²) >= 11 is 1.13.